The Kier molecular flexibility index (Phi) is 5.76. The standard InChI is InChI=1S/C28H30ClN3O3S/c1-14-9-16(29)10-20(19(14)11-17-13-30-7-8-35-17)18-5-6-31-21-12-22(36-25(18)21)15(2)32-26(33)23-24(27(32)34)28(23,3)4/h5-6,9-10,12,15,17,23-24,30H,7-8,11,13H2,1-4H3/t15?,17-,23?,24?/m1/s1. The lowest BCUT2D eigenvalue weighted by Gasteiger charge is -2.26. The summed E-state index contributed by atoms with van der Waals surface area (Å²) in [6, 6.07) is 7.78. The number of hydrogen-bond acceptors (Lipinski definition) is 6. The van der Waals surface area contributed by atoms with Crippen LogP contribution >= 0.6 is 22.9 Å². The van der Waals surface area contributed by atoms with E-state index in [0.717, 1.165) is 51.3 Å². The van der Waals surface area contributed by atoms with E-state index in [9.17, 15) is 9.59 Å². The van der Waals surface area contributed by atoms with Gasteiger partial charge in [-0.2, -0.15) is 0 Å². The number of hydrogen-bond donors (Lipinski definition) is 1. The smallest absolute Gasteiger partial charge is 0.234 e. The molecule has 6 rings (SSSR count). The summed E-state index contributed by atoms with van der Waals surface area (Å²) in [4.78, 5) is 33.2. The molecule has 0 spiro atoms. The monoisotopic (exact) mass is 523 g/mol. The lowest BCUT2D eigenvalue weighted by molar-refractivity contribution is -0.145. The molecule has 188 valence electrons. The fourth-order valence-corrected chi connectivity index (χ4v) is 7.57. The first kappa shape index (κ1) is 24.0. The van der Waals surface area contributed by atoms with E-state index in [1.165, 1.54) is 10.5 Å². The van der Waals surface area contributed by atoms with Crippen molar-refractivity contribution in [3.63, 3.8) is 0 Å². The molecule has 2 aliphatic heterocycles. The first-order valence-corrected chi connectivity index (χ1v) is 13.7. The third-order valence-electron chi connectivity index (χ3n) is 8.23. The van der Waals surface area contributed by atoms with Gasteiger partial charge in [-0.15, -0.1) is 11.3 Å². The van der Waals surface area contributed by atoms with Crippen molar-refractivity contribution < 1.29 is 14.3 Å². The van der Waals surface area contributed by atoms with Gasteiger partial charge in [-0.1, -0.05) is 25.4 Å². The first-order valence-electron chi connectivity index (χ1n) is 12.6. The Labute approximate surface area is 220 Å². The van der Waals surface area contributed by atoms with Gasteiger partial charge in [-0.3, -0.25) is 19.5 Å². The molecule has 3 fully saturated rings. The molecule has 4 heterocycles. The molecule has 8 heteroatoms. The molecule has 3 aliphatic rings. The normalized spacial score (nSPS) is 25.9. The van der Waals surface area contributed by atoms with Crippen LogP contribution in [-0.2, 0) is 20.7 Å². The molecular weight excluding hydrogens is 494 g/mol. The van der Waals surface area contributed by atoms with Gasteiger partial charge in [0.1, 0.15) is 0 Å². The predicted molar refractivity (Wildman–Crippen MR) is 142 cm³/mol. The van der Waals surface area contributed by atoms with E-state index in [2.05, 4.69) is 17.2 Å². The summed E-state index contributed by atoms with van der Waals surface area (Å²) in [6.45, 7) is 10.5. The van der Waals surface area contributed by atoms with Crippen molar-refractivity contribution in [3.8, 4) is 11.1 Å². The minimum atomic E-state index is -0.317. The van der Waals surface area contributed by atoms with Crippen LogP contribution in [0.2, 0.25) is 5.02 Å². The fourth-order valence-electron chi connectivity index (χ4n) is 6.11. The van der Waals surface area contributed by atoms with Gasteiger partial charge in [0.2, 0.25) is 11.8 Å². The molecule has 4 atom stereocenters. The van der Waals surface area contributed by atoms with Crippen LogP contribution in [0.4, 0.5) is 0 Å². The Balaban J connectivity index is 1.38. The number of imide groups is 1. The second kappa shape index (κ2) is 8.62. The molecule has 36 heavy (non-hydrogen) atoms. The largest absolute Gasteiger partial charge is 0.375 e. The van der Waals surface area contributed by atoms with Gasteiger partial charge in [-0.25, -0.2) is 0 Å². The number of thiophene rings is 1. The minimum Gasteiger partial charge on any atom is -0.375 e. The fraction of sp³-hybridized carbons (Fsp3) is 0.464. The van der Waals surface area contributed by atoms with E-state index in [1.54, 1.807) is 11.3 Å². The van der Waals surface area contributed by atoms with E-state index in [-0.39, 0.29) is 41.2 Å². The van der Waals surface area contributed by atoms with E-state index in [4.69, 9.17) is 16.3 Å². The van der Waals surface area contributed by atoms with Gasteiger partial charge in [0.25, 0.3) is 0 Å². The predicted octanol–water partition coefficient (Wildman–Crippen LogP) is 5.16. The summed E-state index contributed by atoms with van der Waals surface area (Å²) >= 11 is 8.15. The number of aromatic nitrogens is 1. The zero-order valence-electron chi connectivity index (χ0n) is 20.9. The van der Waals surface area contributed by atoms with Crippen molar-refractivity contribution in [3.05, 3.63) is 51.5 Å². The Bertz CT molecular complexity index is 1370. The van der Waals surface area contributed by atoms with Gasteiger partial charge in [0.15, 0.2) is 0 Å². The second-order valence-corrected chi connectivity index (χ2v) is 12.4. The van der Waals surface area contributed by atoms with Crippen LogP contribution in [0, 0.1) is 24.2 Å². The van der Waals surface area contributed by atoms with Crippen LogP contribution in [0.25, 0.3) is 21.3 Å². The molecular formula is C28H30ClN3O3S. The van der Waals surface area contributed by atoms with E-state index >= 15 is 0 Å². The van der Waals surface area contributed by atoms with Crippen LogP contribution in [0.1, 0.15) is 42.8 Å². The Morgan fingerprint density at radius 1 is 1.22 bits per heavy atom. The van der Waals surface area contributed by atoms with Crippen molar-refractivity contribution in [2.75, 3.05) is 19.7 Å². The molecule has 1 aromatic carbocycles. The lowest BCUT2D eigenvalue weighted by atomic mass is 9.92. The molecule has 0 radical (unpaired) electrons. The van der Waals surface area contributed by atoms with Crippen LogP contribution in [0.15, 0.2) is 30.5 Å². The second-order valence-electron chi connectivity index (χ2n) is 10.9. The number of likely N-dealkylation sites (tertiary alicyclic amines) is 1. The molecule has 3 unspecified atom stereocenters. The first-order chi connectivity index (χ1) is 17.2. The van der Waals surface area contributed by atoms with Crippen molar-refractivity contribution in [2.45, 2.75) is 46.3 Å². The number of pyridine rings is 1. The summed E-state index contributed by atoms with van der Waals surface area (Å²) in [5.41, 5.74) is 5.16. The van der Waals surface area contributed by atoms with E-state index < -0.39 is 0 Å². The van der Waals surface area contributed by atoms with Gasteiger partial charge in [-0.05, 0) is 60.2 Å². The summed E-state index contributed by atoms with van der Waals surface area (Å²) in [6.07, 6.45) is 2.72. The number of nitrogens with one attached hydrogen (secondary N) is 1. The third-order valence-corrected chi connectivity index (χ3v) is 9.77. The van der Waals surface area contributed by atoms with Gasteiger partial charge in [0, 0.05) is 41.2 Å². The van der Waals surface area contributed by atoms with Gasteiger partial charge in [0.05, 0.1) is 40.8 Å². The summed E-state index contributed by atoms with van der Waals surface area (Å²) in [5.74, 6) is -0.433. The van der Waals surface area contributed by atoms with Gasteiger partial charge >= 0.3 is 0 Å². The van der Waals surface area contributed by atoms with Crippen molar-refractivity contribution in [1.29, 1.82) is 0 Å². The number of nitrogens with zero attached hydrogens (tertiary/aromatic N) is 2. The minimum absolute atomic E-state index is 0.0398. The number of carbonyl (C=O) groups excluding carboxylic acids is 2. The summed E-state index contributed by atoms with van der Waals surface area (Å²) < 4.78 is 7.05. The van der Waals surface area contributed by atoms with Crippen molar-refractivity contribution >= 4 is 45.0 Å². The topological polar surface area (TPSA) is 71.5 Å². The highest BCUT2D eigenvalue weighted by atomic mass is 35.5. The maximum atomic E-state index is 13.1. The SMILES string of the molecule is Cc1cc(Cl)cc(-c2ccnc3cc(C(C)N4C(=O)C5C(C4=O)C5(C)C)sc23)c1C[C@@H]1CNCCO1. The van der Waals surface area contributed by atoms with Crippen molar-refractivity contribution in [2.24, 2.45) is 17.3 Å². The molecule has 6 nitrogen and oxygen atoms in total. The van der Waals surface area contributed by atoms with Crippen molar-refractivity contribution in [1.82, 2.24) is 15.2 Å². The molecule has 0 bridgehead atoms. The molecule has 2 aromatic heterocycles. The number of rotatable bonds is 5. The van der Waals surface area contributed by atoms with E-state index in [0.29, 0.717) is 11.6 Å². The third kappa shape index (κ3) is 3.71. The van der Waals surface area contributed by atoms with Gasteiger partial charge < -0.3 is 10.1 Å². The molecule has 3 aromatic rings. The number of halogens is 1. The molecule has 2 saturated heterocycles. The highest BCUT2D eigenvalue weighted by Gasteiger charge is 2.73. The van der Waals surface area contributed by atoms with E-state index in [1.807, 2.05) is 51.2 Å². The zero-order chi connectivity index (χ0) is 25.4. The number of carbonyl (C=O) groups is 2. The quantitative estimate of drug-likeness (QED) is 0.468. The van der Waals surface area contributed by atoms with Crippen LogP contribution < -0.4 is 5.32 Å². The molecule has 1 N–H and O–H groups in total. The van der Waals surface area contributed by atoms with Crippen LogP contribution in [0.5, 0.6) is 0 Å². The number of ether oxygens (including phenoxy) is 1. The number of aryl methyl sites for hydroxylation is 1. The average molecular weight is 524 g/mol. The Hall–Kier alpha value is -2.32. The summed E-state index contributed by atoms with van der Waals surface area (Å²) in [7, 11) is 0. The summed E-state index contributed by atoms with van der Waals surface area (Å²) in [5, 5.41) is 4.11. The number of benzene rings is 1. The molecule has 2 amide bonds. The average Bonchev–Trinajstić information content (AvgIpc) is 3.10. The maximum Gasteiger partial charge on any atom is 0.234 e. The van der Waals surface area contributed by atoms with Crippen LogP contribution in [-0.4, -0.2) is 47.5 Å². The number of fused-ring (bicyclic) bond motifs is 2. The number of morpholine rings is 1. The molecule has 1 aliphatic carbocycles. The Morgan fingerprint density at radius 2 is 1.97 bits per heavy atom. The number of piperidine rings is 1. The number of amides is 2. The Morgan fingerprint density at radius 3 is 2.67 bits per heavy atom. The lowest BCUT2D eigenvalue weighted by Crippen LogP contribution is -2.39. The zero-order valence-corrected chi connectivity index (χ0v) is 22.5. The maximum absolute atomic E-state index is 13.1. The highest BCUT2D eigenvalue weighted by molar-refractivity contribution is 7.19. The molecule has 1 saturated carbocycles. The van der Waals surface area contributed by atoms with Crippen LogP contribution in [0.3, 0.4) is 0 Å². The highest BCUT2D eigenvalue weighted by Crippen LogP contribution is 2.64.